The maximum Gasteiger partial charge on any atom is 0.251 e. The average Bonchev–Trinajstić information content (AvgIpc) is 3.22. The van der Waals surface area contributed by atoms with Crippen molar-refractivity contribution >= 4 is 29.3 Å². The first-order chi connectivity index (χ1) is 15.9. The lowest BCUT2D eigenvalue weighted by molar-refractivity contribution is -0.113. The van der Waals surface area contributed by atoms with Crippen LogP contribution in [-0.4, -0.2) is 38.9 Å². The van der Waals surface area contributed by atoms with Crippen molar-refractivity contribution in [2.24, 2.45) is 0 Å². The Morgan fingerprint density at radius 1 is 1.06 bits per heavy atom. The fourth-order valence-electron chi connectivity index (χ4n) is 3.20. The molecule has 0 aliphatic carbocycles. The van der Waals surface area contributed by atoms with Crippen molar-refractivity contribution in [3.05, 3.63) is 65.5 Å². The maximum absolute atomic E-state index is 12.6. The van der Waals surface area contributed by atoms with E-state index in [2.05, 4.69) is 20.8 Å². The average molecular weight is 468 g/mol. The Kier molecular flexibility index (Phi) is 8.48. The van der Waals surface area contributed by atoms with Crippen molar-refractivity contribution < 1.29 is 14.3 Å². The SMILES string of the molecule is CCOc1ccc(NC(=O)CSc2nnc([C@H](C)NC(=O)c3ccc(C)cc3)n2CC)cc1. The Morgan fingerprint density at radius 2 is 1.76 bits per heavy atom. The summed E-state index contributed by atoms with van der Waals surface area (Å²) < 4.78 is 7.32. The molecule has 2 aromatic carbocycles. The van der Waals surface area contributed by atoms with E-state index < -0.39 is 0 Å². The van der Waals surface area contributed by atoms with Crippen molar-refractivity contribution in [2.75, 3.05) is 17.7 Å². The van der Waals surface area contributed by atoms with Crippen molar-refractivity contribution in [1.82, 2.24) is 20.1 Å². The number of carbonyl (C=O) groups excluding carboxylic acids is 2. The number of nitrogens with one attached hydrogen (secondary N) is 2. The van der Waals surface area contributed by atoms with E-state index in [1.807, 2.05) is 56.5 Å². The zero-order valence-electron chi connectivity index (χ0n) is 19.3. The zero-order chi connectivity index (χ0) is 23.8. The second-order valence-corrected chi connectivity index (χ2v) is 8.38. The van der Waals surface area contributed by atoms with E-state index in [1.165, 1.54) is 11.8 Å². The second kappa shape index (κ2) is 11.5. The number of anilines is 1. The molecule has 0 bridgehead atoms. The van der Waals surface area contributed by atoms with Gasteiger partial charge in [0, 0.05) is 17.8 Å². The van der Waals surface area contributed by atoms with Gasteiger partial charge < -0.3 is 19.9 Å². The highest BCUT2D eigenvalue weighted by molar-refractivity contribution is 7.99. The summed E-state index contributed by atoms with van der Waals surface area (Å²) in [7, 11) is 0. The summed E-state index contributed by atoms with van der Waals surface area (Å²) in [6.07, 6.45) is 0. The van der Waals surface area contributed by atoms with Crippen molar-refractivity contribution in [3.8, 4) is 5.75 Å². The lowest BCUT2D eigenvalue weighted by Gasteiger charge is -2.15. The molecular weight excluding hydrogens is 438 g/mol. The lowest BCUT2D eigenvalue weighted by atomic mass is 10.1. The van der Waals surface area contributed by atoms with Crippen LogP contribution < -0.4 is 15.4 Å². The molecule has 0 saturated heterocycles. The van der Waals surface area contributed by atoms with Gasteiger partial charge >= 0.3 is 0 Å². The van der Waals surface area contributed by atoms with Crippen molar-refractivity contribution in [3.63, 3.8) is 0 Å². The summed E-state index contributed by atoms with van der Waals surface area (Å²) in [6, 6.07) is 14.3. The summed E-state index contributed by atoms with van der Waals surface area (Å²) >= 11 is 1.31. The highest BCUT2D eigenvalue weighted by Gasteiger charge is 2.20. The molecule has 0 fully saturated rings. The smallest absolute Gasteiger partial charge is 0.251 e. The number of thioether (sulfide) groups is 1. The lowest BCUT2D eigenvalue weighted by Crippen LogP contribution is -2.28. The van der Waals surface area contributed by atoms with Crippen LogP contribution >= 0.6 is 11.8 Å². The third-order valence-corrected chi connectivity index (χ3v) is 5.86. The third kappa shape index (κ3) is 6.58. The van der Waals surface area contributed by atoms with Gasteiger partial charge in [-0.05, 0) is 64.1 Å². The van der Waals surface area contributed by atoms with Crippen LogP contribution in [-0.2, 0) is 11.3 Å². The minimum atomic E-state index is -0.335. The van der Waals surface area contributed by atoms with Crippen LogP contribution in [0, 0.1) is 6.92 Å². The van der Waals surface area contributed by atoms with E-state index in [1.54, 1.807) is 24.3 Å². The standard InChI is InChI=1S/C24H29N5O3S/c1-5-29-22(17(4)25-23(31)18-9-7-16(3)8-10-18)27-28-24(29)33-15-21(30)26-19-11-13-20(14-12-19)32-6-2/h7-14,17H,5-6,15H2,1-4H3,(H,25,31)(H,26,30)/t17-/m0/s1. The van der Waals surface area contributed by atoms with E-state index in [0.29, 0.717) is 35.4 Å². The molecule has 2 amide bonds. The minimum Gasteiger partial charge on any atom is -0.494 e. The molecule has 9 heteroatoms. The second-order valence-electron chi connectivity index (χ2n) is 7.44. The van der Waals surface area contributed by atoms with Gasteiger partial charge in [-0.3, -0.25) is 9.59 Å². The summed E-state index contributed by atoms with van der Waals surface area (Å²) in [4.78, 5) is 24.9. The molecule has 2 N–H and O–H groups in total. The van der Waals surface area contributed by atoms with Gasteiger partial charge in [0.05, 0.1) is 18.4 Å². The van der Waals surface area contributed by atoms with Crippen LogP contribution in [0.4, 0.5) is 5.69 Å². The van der Waals surface area contributed by atoms with Gasteiger partial charge in [0.25, 0.3) is 5.91 Å². The van der Waals surface area contributed by atoms with E-state index in [0.717, 1.165) is 11.3 Å². The quantitative estimate of drug-likeness (QED) is 0.433. The summed E-state index contributed by atoms with van der Waals surface area (Å²) in [5.41, 5.74) is 2.39. The van der Waals surface area contributed by atoms with Crippen LogP contribution in [0.3, 0.4) is 0 Å². The number of ether oxygens (including phenoxy) is 1. The number of hydrogen-bond donors (Lipinski definition) is 2. The predicted octanol–water partition coefficient (Wildman–Crippen LogP) is 4.23. The van der Waals surface area contributed by atoms with Gasteiger partial charge in [-0.15, -0.1) is 10.2 Å². The highest BCUT2D eigenvalue weighted by atomic mass is 32.2. The highest BCUT2D eigenvalue weighted by Crippen LogP contribution is 2.22. The Balaban J connectivity index is 1.58. The Bertz CT molecular complexity index is 1080. The molecule has 33 heavy (non-hydrogen) atoms. The van der Waals surface area contributed by atoms with Crippen LogP contribution in [0.1, 0.15) is 48.6 Å². The third-order valence-electron chi connectivity index (χ3n) is 4.89. The van der Waals surface area contributed by atoms with Crippen LogP contribution in [0.15, 0.2) is 53.7 Å². The normalized spacial score (nSPS) is 11.6. The molecule has 0 aliphatic heterocycles. The molecule has 1 heterocycles. The zero-order valence-corrected chi connectivity index (χ0v) is 20.1. The number of hydrogen-bond acceptors (Lipinski definition) is 6. The number of benzene rings is 2. The molecule has 174 valence electrons. The van der Waals surface area contributed by atoms with E-state index >= 15 is 0 Å². The van der Waals surface area contributed by atoms with Crippen LogP contribution in [0.5, 0.6) is 5.75 Å². The monoisotopic (exact) mass is 467 g/mol. The molecule has 1 aromatic heterocycles. The molecule has 0 aliphatic rings. The fraction of sp³-hybridized carbons (Fsp3) is 0.333. The Hall–Kier alpha value is -3.33. The Morgan fingerprint density at radius 3 is 2.39 bits per heavy atom. The first-order valence-electron chi connectivity index (χ1n) is 10.9. The molecule has 1 atom stereocenters. The molecule has 8 nitrogen and oxygen atoms in total. The maximum atomic E-state index is 12.6. The predicted molar refractivity (Wildman–Crippen MR) is 130 cm³/mol. The fourth-order valence-corrected chi connectivity index (χ4v) is 4.01. The number of carbonyl (C=O) groups is 2. The molecule has 0 saturated carbocycles. The van der Waals surface area contributed by atoms with Gasteiger partial charge in [-0.25, -0.2) is 0 Å². The van der Waals surface area contributed by atoms with Gasteiger partial charge in [-0.2, -0.15) is 0 Å². The molecule has 3 aromatic rings. The molecule has 3 rings (SSSR count). The summed E-state index contributed by atoms with van der Waals surface area (Å²) in [5, 5.41) is 15.0. The van der Waals surface area contributed by atoms with Crippen molar-refractivity contribution in [2.45, 2.75) is 45.4 Å². The number of rotatable bonds is 10. The molecule has 0 spiro atoms. The van der Waals surface area contributed by atoms with Gasteiger partial charge in [0.1, 0.15) is 5.75 Å². The van der Waals surface area contributed by atoms with E-state index in [-0.39, 0.29) is 23.6 Å². The van der Waals surface area contributed by atoms with Crippen LogP contribution in [0.25, 0.3) is 0 Å². The van der Waals surface area contributed by atoms with Crippen molar-refractivity contribution in [1.29, 1.82) is 0 Å². The summed E-state index contributed by atoms with van der Waals surface area (Å²) in [5.74, 6) is 1.29. The molecule has 0 radical (unpaired) electrons. The number of aryl methyl sites for hydroxylation is 1. The number of amides is 2. The topological polar surface area (TPSA) is 98.1 Å². The van der Waals surface area contributed by atoms with E-state index in [9.17, 15) is 9.59 Å². The number of nitrogens with zero attached hydrogens (tertiary/aromatic N) is 3. The first kappa shape index (κ1) is 24.3. The van der Waals surface area contributed by atoms with Crippen LogP contribution in [0.2, 0.25) is 0 Å². The largest absolute Gasteiger partial charge is 0.494 e. The summed E-state index contributed by atoms with van der Waals surface area (Å²) in [6.45, 7) is 8.96. The first-order valence-corrected chi connectivity index (χ1v) is 11.9. The van der Waals surface area contributed by atoms with E-state index in [4.69, 9.17) is 4.74 Å². The van der Waals surface area contributed by atoms with Gasteiger partial charge in [-0.1, -0.05) is 29.5 Å². The van der Waals surface area contributed by atoms with Gasteiger partial charge in [0.2, 0.25) is 5.91 Å². The molecule has 0 unspecified atom stereocenters. The molecular formula is C24H29N5O3S. The minimum absolute atomic E-state index is 0.142. The van der Waals surface area contributed by atoms with Gasteiger partial charge in [0.15, 0.2) is 11.0 Å². The Labute approximate surface area is 198 Å². The number of aromatic nitrogens is 3.